The minimum absolute atomic E-state index is 0.340. The van der Waals surface area contributed by atoms with Crippen LogP contribution in [0.15, 0.2) is 0 Å². The Bertz CT molecular complexity index is 394. The number of piperazine rings is 1. The first-order chi connectivity index (χ1) is 10.6. The van der Waals surface area contributed by atoms with Crippen LogP contribution in [-0.4, -0.2) is 48.1 Å². The van der Waals surface area contributed by atoms with Gasteiger partial charge in [-0.25, -0.2) is 0 Å². The Hall–Kier alpha value is -0.0800. The third kappa shape index (κ3) is 3.35. The van der Waals surface area contributed by atoms with Crippen molar-refractivity contribution in [3.8, 4) is 0 Å². The molecule has 0 spiro atoms. The van der Waals surface area contributed by atoms with Gasteiger partial charge in [0.05, 0.1) is 0 Å². The molecule has 1 aliphatic heterocycles. The molecule has 4 aliphatic rings. The standard InChI is InChI=1S/C21H40N2/c1-18(2,3)21-10-7-20(8-11-21,9-12-21)17-22-13-15-23(16-14-22)19(4,5)6/h7-17H2,1-6H3. The van der Waals surface area contributed by atoms with Crippen molar-refractivity contribution in [3.63, 3.8) is 0 Å². The van der Waals surface area contributed by atoms with E-state index >= 15 is 0 Å². The zero-order valence-corrected chi connectivity index (χ0v) is 16.7. The van der Waals surface area contributed by atoms with Crippen LogP contribution >= 0.6 is 0 Å². The number of nitrogens with zero attached hydrogens (tertiary/aromatic N) is 2. The first kappa shape index (κ1) is 17.7. The van der Waals surface area contributed by atoms with Gasteiger partial charge in [0.1, 0.15) is 0 Å². The second-order valence-electron chi connectivity index (χ2n) is 11.0. The summed E-state index contributed by atoms with van der Waals surface area (Å²) in [6.45, 7) is 21.0. The number of fused-ring (bicyclic) bond motifs is 3. The maximum Gasteiger partial charge on any atom is 0.0126 e. The lowest BCUT2D eigenvalue weighted by Crippen LogP contribution is -2.57. The van der Waals surface area contributed by atoms with E-state index in [9.17, 15) is 0 Å². The molecule has 0 amide bonds. The third-order valence-corrected chi connectivity index (χ3v) is 7.87. The Morgan fingerprint density at radius 2 is 1.17 bits per heavy atom. The highest BCUT2D eigenvalue weighted by molar-refractivity contribution is 5.05. The van der Waals surface area contributed by atoms with Crippen LogP contribution in [0.4, 0.5) is 0 Å². The van der Waals surface area contributed by atoms with Crippen LogP contribution in [0.25, 0.3) is 0 Å². The Labute approximate surface area is 145 Å². The molecule has 3 aliphatic carbocycles. The molecule has 4 rings (SSSR count). The molecule has 0 unspecified atom stereocenters. The van der Waals surface area contributed by atoms with Gasteiger partial charge in [0, 0.05) is 38.3 Å². The van der Waals surface area contributed by atoms with Crippen LogP contribution < -0.4 is 0 Å². The maximum absolute atomic E-state index is 2.79. The molecule has 0 atom stereocenters. The molecular formula is C21H40N2. The predicted octanol–water partition coefficient (Wildman–Crippen LogP) is 4.79. The zero-order chi connectivity index (χ0) is 16.9. The molecule has 1 saturated heterocycles. The van der Waals surface area contributed by atoms with E-state index in [0.29, 0.717) is 21.8 Å². The fourth-order valence-corrected chi connectivity index (χ4v) is 5.68. The van der Waals surface area contributed by atoms with Gasteiger partial charge in [-0.1, -0.05) is 20.8 Å². The summed E-state index contributed by atoms with van der Waals surface area (Å²) in [6.07, 6.45) is 8.92. The molecular weight excluding hydrogens is 280 g/mol. The topological polar surface area (TPSA) is 6.48 Å². The van der Waals surface area contributed by atoms with Crippen LogP contribution in [-0.2, 0) is 0 Å². The Kier molecular flexibility index (Phi) is 4.42. The van der Waals surface area contributed by atoms with Gasteiger partial charge in [0.2, 0.25) is 0 Å². The van der Waals surface area contributed by atoms with E-state index in [1.54, 1.807) is 0 Å². The first-order valence-electron chi connectivity index (χ1n) is 10.0. The summed E-state index contributed by atoms with van der Waals surface area (Å²) in [5.74, 6) is 0. The van der Waals surface area contributed by atoms with E-state index < -0.39 is 0 Å². The van der Waals surface area contributed by atoms with Crippen molar-refractivity contribution >= 4 is 0 Å². The molecule has 3 saturated carbocycles. The van der Waals surface area contributed by atoms with Gasteiger partial charge in [-0.15, -0.1) is 0 Å². The van der Waals surface area contributed by atoms with E-state index in [4.69, 9.17) is 0 Å². The van der Waals surface area contributed by atoms with Crippen LogP contribution in [0.2, 0.25) is 0 Å². The number of hydrogen-bond donors (Lipinski definition) is 0. The second kappa shape index (κ2) is 5.73. The van der Waals surface area contributed by atoms with Crippen molar-refractivity contribution in [1.82, 2.24) is 9.80 Å². The van der Waals surface area contributed by atoms with Crippen molar-refractivity contribution in [2.75, 3.05) is 32.7 Å². The second-order valence-corrected chi connectivity index (χ2v) is 11.0. The SMILES string of the molecule is CC(C)(C)N1CCN(CC23CCC(C(C)(C)C)(CC2)CC3)CC1. The summed E-state index contributed by atoms with van der Waals surface area (Å²) >= 11 is 0. The van der Waals surface area contributed by atoms with Gasteiger partial charge in [0.25, 0.3) is 0 Å². The Morgan fingerprint density at radius 1 is 0.696 bits per heavy atom. The van der Waals surface area contributed by atoms with Gasteiger partial charge >= 0.3 is 0 Å². The quantitative estimate of drug-likeness (QED) is 0.722. The van der Waals surface area contributed by atoms with Crippen LogP contribution in [0, 0.1) is 16.2 Å². The monoisotopic (exact) mass is 320 g/mol. The van der Waals surface area contributed by atoms with Crippen molar-refractivity contribution in [2.24, 2.45) is 16.2 Å². The van der Waals surface area contributed by atoms with Gasteiger partial charge in [-0.05, 0) is 75.5 Å². The van der Waals surface area contributed by atoms with E-state index in [-0.39, 0.29) is 0 Å². The Morgan fingerprint density at radius 3 is 1.57 bits per heavy atom. The zero-order valence-electron chi connectivity index (χ0n) is 16.7. The molecule has 0 N–H and O–H groups in total. The summed E-state index contributed by atoms with van der Waals surface area (Å²) in [6, 6.07) is 0. The van der Waals surface area contributed by atoms with E-state index in [0.717, 1.165) is 0 Å². The summed E-state index contributed by atoms with van der Waals surface area (Å²) in [4.78, 5) is 5.45. The van der Waals surface area contributed by atoms with Crippen molar-refractivity contribution in [1.29, 1.82) is 0 Å². The molecule has 0 aromatic rings. The van der Waals surface area contributed by atoms with Crippen molar-refractivity contribution in [2.45, 2.75) is 85.6 Å². The summed E-state index contributed by atoms with van der Waals surface area (Å²) in [5.41, 5.74) is 2.15. The fraction of sp³-hybridized carbons (Fsp3) is 1.00. The largest absolute Gasteiger partial charge is 0.300 e. The van der Waals surface area contributed by atoms with E-state index in [2.05, 4.69) is 51.3 Å². The highest BCUT2D eigenvalue weighted by Crippen LogP contribution is 2.63. The molecule has 4 fully saturated rings. The fourth-order valence-electron chi connectivity index (χ4n) is 5.68. The normalized spacial score (nSPS) is 37.3. The molecule has 2 nitrogen and oxygen atoms in total. The summed E-state index contributed by atoms with van der Waals surface area (Å²) in [5, 5.41) is 0. The molecule has 0 aromatic carbocycles. The van der Waals surface area contributed by atoms with Gasteiger partial charge in [-0.2, -0.15) is 0 Å². The smallest absolute Gasteiger partial charge is 0.0126 e. The Balaban J connectivity index is 1.55. The van der Waals surface area contributed by atoms with Crippen LogP contribution in [0.3, 0.4) is 0 Å². The molecule has 0 aromatic heterocycles. The minimum atomic E-state index is 0.340. The van der Waals surface area contributed by atoms with Crippen molar-refractivity contribution in [3.05, 3.63) is 0 Å². The molecule has 23 heavy (non-hydrogen) atoms. The average Bonchev–Trinajstić information content (AvgIpc) is 2.47. The lowest BCUT2D eigenvalue weighted by atomic mass is 9.47. The summed E-state index contributed by atoms with van der Waals surface area (Å²) in [7, 11) is 0. The highest BCUT2D eigenvalue weighted by atomic mass is 15.3. The first-order valence-corrected chi connectivity index (χ1v) is 10.0. The maximum atomic E-state index is 2.79. The lowest BCUT2D eigenvalue weighted by molar-refractivity contribution is -0.0915. The number of rotatable bonds is 2. The predicted molar refractivity (Wildman–Crippen MR) is 99.8 cm³/mol. The molecule has 134 valence electrons. The minimum Gasteiger partial charge on any atom is -0.300 e. The van der Waals surface area contributed by atoms with Crippen LogP contribution in [0.1, 0.15) is 80.1 Å². The van der Waals surface area contributed by atoms with Crippen molar-refractivity contribution < 1.29 is 0 Å². The molecule has 2 bridgehead atoms. The molecule has 0 radical (unpaired) electrons. The van der Waals surface area contributed by atoms with E-state index in [1.807, 2.05) is 0 Å². The third-order valence-electron chi connectivity index (χ3n) is 7.87. The van der Waals surface area contributed by atoms with Gasteiger partial charge in [-0.3, -0.25) is 4.90 Å². The summed E-state index contributed by atoms with van der Waals surface area (Å²) < 4.78 is 0. The van der Waals surface area contributed by atoms with Crippen LogP contribution in [0.5, 0.6) is 0 Å². The average molecular weight is 321 g/mol. The van der Waals surface area contributed by atoms with E-state index in [1.165, 1.54) is 71.2 Å². The highest BCUT2D eigenvalue weighted by Gasteiger charge is 2.53. The molecule has 1 heterocycles. The lowest BCUT2D eigenvalue weighted by Gasteiger charge is -2.60. The van der Waals surface area contributed by atoms with Gasteiger partial charge in [0.15, 0.2) is 0 Å². The van der Waals surface area contributed by atoms with Gasteiger partial charge < -0.3 is 4.90 Å². The number of hydrogen-bond acceptors (Lipinski definition) is 2. The molecule has 2 heteroatoms.